The Morgan fingerprint density at radius 3 is 2.54 bits per heavy atom. The number of nitrogens with one attached hydrogen (secondary N) is 1. The third-order valence-electron chi connectivity index (χ3n) is 3.56. The Hall–Kier alpha value is -2.93. The standard InChI is InChI=1S/C17H18N2O5/c1-11-3-5-12(6-4-11)15(20)10-18-17(21)13-7-8-16(24-2)14(9-13)19(22)23/h3-9,15,20H,10H2,1-2H3,(H,18,21). The first-order valence-corrected chi connectivity index (χ1v) is 7.27. The largest absolute Gasteiger partial charge is 0.490 e. The van der Waals surface area contributed by atoms with Crippen LogP contribution in [-0.2, 0) is 0 Å². The van der Waals surface area contributed by atoms with Crippen molar-refractivity contribution in [3.63, 3.8) is 0 Å². The van der Waals surface area contributed by atoms with Crippen molar-refractivity contribution in [3.05, 3.63) is 69.3 Å². The Morgan fingerprint density at radius 1 is 1.29 bits per heavy atom. The summed E-state index contributed by atoms with van der Waals surface area (Å²) < 4.78 is 4.89. The van der Waals surface area contributed by atoms with Crippen molar-refractivity contribution in [1.82, 2.24) is 5.32 Å². The first-order valence-electron chi connectivity index (χ1n) is 7.27. The third-order valence-corrected chi connectivity index (χ3v) is 3.56. The van der Waals surface area contributed by atoms with Crippen LogP contribution in [0.15, 0.2) is 42.5 Å². The number of aliphatic hydroxyl groups excluding tert-OH is 1. The highest BCUT2D eigenvalue weighted by Crippen LogP contribution is 2.27. The number of nitrogens with zero attached hydrogens (tertiary/aromatic N) is 1. The summed E-state index contributed by atoms with van der Waals surface area (Å²) in [6, 6.07) is 11.2. The number of aliphatic hydroxyl groups is 1. The van der Waals surface area contributed by atoms with E-state index in [1.54, 1.807) is 12.1 Å². The number of rotatable bonds is 6. The van der Waals surface area contributed by atoms with Crippen molar-refractivity contribution >= 4 is 11.6 Å². The number of benzene rings is 2. The van der Waals surface area contributed by atoms with E-state index in [4.69, 9.17) is 4.74 Å². The molecule has 0 fully saturated rings. The van der Waals surface area contributed by atoms with E-state index >= 15 is 0 Å². The van der Waals surface area contributed by atoms with Crippen molar-refractivity contribution in [2.24, 2.45) is 0 Å². The molecule has 0 radical (unpaired) electrons. The smallest absolute Gasteiger partial charge is 0.311 e. The zero-order chi connectivity index (χ0) is 17.7. The quantitative estimate of drug-likeness (QED) is 0.625. The van der Waals surface area contributed by atoms with E-state index in [-0.39, 0.29) is 23.5 Å². The minimum atomic E-state index is -0.859. The first kappa shape index (κ1) is 17.4. The number of hydrogen-bond acceptors (Lipinski definition) is 5. The van der Waals surface area contributed by atoms with Gasteiger partial charge in [-0.2, -0.15) is 0 Å². The van der Waals surface area contributed by atoms with Crippen LogP contribution in [0.1, 0.15) is 27.6 Å². The topological polar surface area (TPSA) is 102 Å². The molecule has 2 aromatic rings. The predicted octanol–water partition coefficient (Wildman–Crippen LogP) is 2.38. The van der Waals surface area contributed by atoms with Crippen molar-refractivity contribution in [2.45, 2.75) is 13.0 Å². The summed E-state index contributed by atoms with van der Waals surface area (Å²) in [5.41, 5.74) is 1.59. The molecule has 7 heteroatoms. The summed E-state index contributed by atoms with van der Waals surface area (Å²) in [6.45, 7) is 1.94. The van der Waals surface area contributed by atoms with Gasteiger partial charge in [0.1, 0.15) is 0 Å². The van der Waals surface area contributed by atoms with Crippen LogP contribution in [-0.4, -0.2) is 29.6 Å². The fourth-order valence-corrected chi connectivity index (χ4v) is 2.17. The maximum Gasteiger partial charge on any atom is 0.311 e. The highest BCUT2D eigenvalue weighted by atomic mass is 16.6. The van der Waals surface area contributed by atoms with Crippen LogP contribution in [0.5, 0.6) is 5.75 Å². The van der Waals surface area contributed by atoms with Crippen LogP contribution < -0.4 is 10.1 Å². The lowest BCUT2D eigenvalue weighted by Crippen LogP contribution is -2.28. The Kier molecular flexibility index (Phi) is 5.49. The molecule has 1 atom stereocenters. The summed E-state index contributed by atoms with van der Waals surface area (Å²) >= 11 is 0. The van der Waals surface area contributed by atoms with Crippen LogP contribution >= 0.6 is 0 Å². The van der Waals surface area contributed by atoms with Crippen LogP contribution in [0.2, 0.25) is 0 Å². The van der Waals surface area contributed by atoms with E-state index < -0.39 is 16.9 Å². The van der Waals surface area contributed by atoms with Gasteiger partial charge in [0.15, 0.2) is 5.75 Å². The molecule has 7 nitrogen and oxygen atoms in total. The lowest BCUT2D eigenvalue weighted by molar-refractivity contribution is -0.385. The van der Waals surface area contributed by atoms with Gasteiger partial charge in [-0.05, 0) is 24.6 Å². The summed E-state index contributed by atoms with van der Waals surface area (Å²) in [5, 5.41) is 23.6. The average Bonchev–Trinajstić information content (AvgIpc) is 2.59. The molecular weight excluding hydrogens is 312 g/mol. The number of nitro benzene ring substituents is 1. The Morgan fingerprint density at radius 2 is 1.96 bits per heavy atom. The van der Waals surface area contributed by atoms with Gasteiger partial charge in [-0.1, -0.05) is 29.8 Å². The van der Waals surface area contributed by atoms with E-state index in [2.05, 4.69) is 5.32 Å². The highest BCUT2D eigenvalue weighted by Gasteiger charge is 2.18. The summed E-state index contributed by atoms with van der Waals surface area (Å²) in [7, 11) is 1.32. The summed E-state index contributed by atoms with van der Waals surface area (Å²) in [6.07, 6.45) is -0.859. The van der Waals surface area contributed by atoms with Crippen LogP contribution in [0.3, 0.4) is 0 Å². The molecule has 1 unspecified atom stereocenters. The number of aryl methyl sites for hydroxylation is 1. The second-order valence-electron chi connectivity index (χ2n) is 5.28. The van der Waals surface area contributed by atoms with Crippen LogP contribution in [0, 0.1) is 17.0 Å². The molecular formula is C17H18N2O5. The van der Waals surface area contributed by atoms with Gasteiger partial charge in [0.05, 0.1) is 18.1 Å². The molecule has 0 spiro atoms. The maximum atomic E-state index is 12.1. The number of carbonyl (C=O) groups excluding carboxylic acids is 1. The first-order chi connectivity index (χ1) is 11.4. The fraction of sp³-hybridized carbons (Fsp3) is 0.235. The van der Waals surface area contributed by atoms with Crippen LogP contribution in [0.4, 0.5) is 5.69 Å². The number of methoxy groups -OCH3 is 1. The van der Waals surface area contributed by atoms with Crippen molar-refractivity contribution < 1.29 is 19.6 Å². The SMILES string of the molecule is COc1ccc(C(=O)NCC(O)c2ccc(C)cc2)cc1[N+](=O)[O-]. The molecule has 2 rings (SSSR count). The fourth-order valence-electron chi connectivity index (χ4n) is 2.17. The second kappa shape index (κ2) is 7.56. The summed E-state index contributed by atoms with van der Waals surface area (Å²) in [5.74, 6) is -0.428. The molecule has 0 aliphatic rings. The average molecular weight is 330 g/mol. The molecule has 126 valence electrons. The van der Waals surface area contributed by atoms with Gasteiger partial charge in [-0.25, -0.2) is 0 Å². The van der Waals surface area contributed by atoms with E-state index in [0.717, 1.165) is 11.6 Å². The molecule has 0 aromatic heterocycles. The Bertz CT molecular complexity index is 743. The summed E-state index contributed by atoms with van der Waals surface area (Å²) in [4.78, 5) is 22.5. The molecule has 0 aliphatic heterocycles. The van der Waals surface area contributed by atoms with Crippen LogP contribution in [0.25, 0.3) is 0 Å². The Balaban J connectivity index is 2.05. The van der Waals surface area contributed by atoms with Gasteiger partial charge in [-0.15, -0.1) is 0 Å². The van der Waals surface area contributed by atoms with Crippen molar-refractivity contribution in [1.29, 1.82) is 0 Å². The molecule has 0 bridgehead atoms. The monoisotopic (exact) mass is 330 g/mol. The molecule has 2 N–H and O–H groups in total. The minimum absolute atomic E-state index is 0.00171. The zero-order valence-corrected chi connectivity index (χ0v) is 13.4. The highest BCUT2D eigenvalue weighted by molar-refractivity contribution is 5.95. The van der Waals surface area contributed by atoms with E-state index in [1.165, 1.54) is 19.2 Å². The van der Waals surface area contributed by atoms with Gasteiger partial charge in [0.2, 0.25) is 0 Å². The van der Waals surface area contributed by atoms with Gasteiger partial charge in [0, 0.05) is 18.2 Å². The second-order valence-corrected chi connectivity index (χ2v) is 5.28. The van der Waals surface area contributed by atoms with Crippen molar-refractivity contribution in [2.75, 3.05) is 13.7 Å². The van der Waals surface area contributed by atoms with Crippen molar-refractivity contribution in [3.8, 4) is 5.75 Å². The number of nitro groups is 1. The number of amides is 1. The van der Waals surface area contributed by atoms with Gasteiger partial charge < -0.3 is 15.2 Å². The maximum absolute atomic E-state index is 12.1. The molecule has 0 aliphatic carbocycles. The zero-order valence-electron chi connectivity index (χ0n) is 13.4. The molecule has 0 saturated carbocycles. The Labute approximate surface area is 139 Å². The molecule has 2 aromatic carbocycles. The molecule has 0 saturated heterocycles. The third kappa shape index (κ3) is 4.08. The lowest BCUT2D eigenvalue weighted by atomic mass is 10.1. The minimum Gasteiger partial charge on any atom is -0.490 e. The number of ether oxygens (including phenoxy) is 1. The van der Waals surface area contributed by atoms with E-state index in [9.17, 15) is 20.0 Å². The molecule has 0 heterocycles. The van der Waals surface area contributed by atoms with Gasteiger partial charge in [0.25, 0.3) is 5.91 Å². The lowest BCUT2D eigenvalue weighted by Gasteiger charge is -2.13. The normalized spacial score (nSPS) is 11.6. The predicted molar refractivity (Wildman–Crippen MR) is 88.1 cm³/mol. The van der Waals surface area contributed by atoms with E-state index in [0.29, 0.717) is 5.56 Å². The number of carbonyl (C=O) groups is 1. The van der Waals surface area contributed by atoms with Gasteiger partial charge in [-0.3, -0.25) is 14.9 Å². The van der Waals surface area contributed by atoms with Gasteiger partial charge >= 0.3 is 5.69 Å². The van der Waals surface area contributed by atoms with E-state index in [1.807, 2.05) is 19.1 Å². The number of hydrogen-bond donors (Lipinski definition) is 2. The molecule has 1 amide bonds. The molecule has 24 heavy (non-hydrogen) atoms.